The Kier molecular flexibility index (Phi) is 6.97. The summed E-state index contributed by atoms with van der Waals surface area (Å²) in [6.45, 7) is 5.36. The number of imide groups is 1. The fourth-order valence-electron chi connectivity index (χ4n) is 4.07. The number of urea groups is 1. The van der Waals surface area contributed by atoms with Crippen molar-refractivity contribution in [3.05, 3.63) is 29.8 Å². The monoisotopic (exact) mass is 417 g/mol. The maximum atomic E-state index is 13.1. The molecular formula is C22H31N3O5. The smallest absolute Gasteiger partial charge is 0.326 e. The molecule has 0 aliphatic carbocycles. The number of amides is 3. The predicted octanol–water partition coefficient (Wildman–Crippen LogP) is 2.17. The number of esters is 1. The van der Waals surface area contributed by atoms with Crippen LogP contribution in [0.2, 0.25) is 0 Å². The molecule has 0 spiro atoms. The average Bonchev–Trinajstić information content (AvgIpc) is 2.96. The van der Waals surface area contributed by atoms with Crippen LogP contribution in [0.15, 0.2) is 24.3 Å². The molecule has 1 aromatic rings. The molecule has 164 valence electrons. The van der Waals surface area contributed by atoms with Gasteiger partial charge in [-0.05, 0) is 63.8 Å². The Labute approximate surface area is 177 Å². The van der Waals surface area contributed by atoms with Crippen LogP contribution >= 0.6 is 0 Å². The summed E-state index contributed by atoms with van der Waals surface area (Å²) in [6.07, 6.45) is 2.78. The second kappa shape index (κ2) is 9.47. The van der Waals surface area contributed by atoms with Crippen LogP contribution in [-0.4, -0.2) is 66.7 Å². The quantitative estimate of drug-likeness (QED) is 0.515. The molecule has 2 heterocycles. The number of carbonyl (C=O) groups is 3. The zero-order chi connectivity index (χ0) is 21.7. The van der Waals surface area contributed by atoms with Crippen molar-refractivity contribution in [1.82, 2.24) is 15.1 Å². The number of carbonyl (C=O) groups excluding carboxylic acids is 3. The first kappa shape index (κ1) is 22.1. The Hall–Kier alpha value is -2.61. The molecule has 8 nitrogen and oxygen atoms in total. The average molecular weight is 418 g/mol. The van der Waals surface area contributed by atoms with Crippen molar-refractivity contribution in [1.29, 1.82) is 0 Å². The molecule has 2 atom stereocenters. The van der Waals surface area contributed by atoms with Crippen molar-refractivity contribution in [2.75, 3.05) is 33.5 Å². The molecule has 0 aromatic heterocycles. The van der Waals surface area contributed by atoms with Gasteiger partial charge in [-0.1, -0.05) is 12.1 Å². The highest BCUT2D eigenvalue weighted by molar-refractivity contribution is 6.06. The Morgan fingerprint density at radius 1 is 1.27 bits per heavy atom. The summed E-state index contributed by atoms with van der Waals surface area (Å²) in [4.78, 5) is 40.9. The third-order valence-electron chi connectivity index (χ3n) is 5.88. The van der Waals surface area contributed by atoms with Gasteiger partial charge in [0, 0.05) is 6.54 Å². The molecule has 0 saturated carbocycles. The molecule has 1 N–H and O–H groups in total. The minimum Gasteiger partial charge on any atom is -0.497 e. The van der Waals surface area contributed by atoms with E-state index in [1.54, 1.807) is 21.0 Å². The standard InChI is InChI=1S/C22H31N3O5/c1-4-30-19(26)17-6-5-13-24(14-17)15-25-20(27)22(2,23-21(25)28)12-11-16-7-9-18(29-3)10-8-16/h7-10,17H,4-6,11-15H2,1-3H3,(H,23,28)/t17-,22-/m1/s1. The van der Waals surface area contributed by atoms with Gasteiger partial charge in [-0.2, -0.15) is 0 Å². The maximum absolute atomic E-state index is 13.1. The van der Waals surface area contributed by atoms with E-state index in [0.717, 1.165) is 30.7 Å². The predicted molar refractivity (Wildman–Crippen MR) is 111 cm³/mol. The SMILES string of the molecule is CCOC(=O)[C@@H]1CCCN(CN2C(=O)N[C@](C)(CCc3ccc(OC)cc3)C2=O)C1. The molecule has 0 bridgehead atoms. The topological polar surface area (TPSA) is 88.2 Å². The van der Waals surface area contributed by atoms with Gasteiger partial charge in [-0.25, -0.2) is 9.69 Å². The van der Waals surface area contributed by atoms with E-state index in [9.17, 15) is 14.4 Å². The summed E-state index contributed by atoms with van der Waals surface area (Å²) in [5, 5.41) is 2.86. The first-order chi connectivity index (χ1) is 14.4. The van der Waals surface area contributed by atoms with Crippen molar-refractivity contribution >= 4 is 17.9 Å². The molecule has 1 aromatic carbocycles. The molecule has 2 aliphatic heterocycles. The molecule has 8 heteroatoms. The molecule has 3 amide bonds. The molecule has 0 radical (unpaired) electrons. The van der Waals surface area contributed by atoms with Gasteiger partial charge in [-0.3, -0.25) is 14.5 Å². The van der Waals surface area contributed by atoms with Crippen LogP contribution in [0.5, 0.6) is 5.75 Å². The van der Waals surface area contributed by atoms with Crippen LogP contribution in [0.4, 0.5) is 4.79 Å². The number of benzene rings is 1. The van der Waals surface area contributed by atoms with E-state index in [1.165, 1.54) is 4.90 Å². The number of hydrogen-bond acceptors (Lipinski definition) is 6. The lowest BCUT2D eigenvalue weighted by atomic mass is 9.93. The van der Waals surface area contributed by atoms with E-state index in [1.807, 2.05) is 29.2 Å². The van der Waals surface area contributed by atoms with Crippen molar-refractivity contribution < 1.29 is 23.9 Å². The summed E-state index contributed by atoms with van der Waals surface area (Å²) < 4.78 is 10.3. The van der Waals surface area contributed by atoms with Crippen LogP contribution in [0.3, 0.4) is 0 Å². The first-order valence-corrected chi connectivity index (χ1v) is 10.5. The highest BCUT2D eigenvalue weighted by atomic mass is 16.5. The van der Waals surface area contributed by atoms with Crippen LogP contribution in [-0.2, 0) is 20.7 Å². The van der Waals surface area contributed by atoms with Gasteiger partial charge in [0.15, 0.2) is 0 Å². The van der Waals surface area contributed by atoms with Crippen molar-refractivity contribution in [3.63, 3.8) is 0 Å². The number of hydrogen-bond donors (Lipinski definition) is 1. The van der Waals surface area contributed by atoms with Gasteiger partial charge < -0.3 is 14.8 Å². The van der Waals surface area contributed by atoms with Crippen molar-refractivity contribution in [3.8, 4) is 5.75 Å². The Morgan fingerprint density at radius 3 is 2.67 bits per heavy atom. The molecule has 2 aliphatic rings. The molecule has 30 heavy (non-hydrogen) atoms. The third-order valence-corrected chi connectivity index (χ3v) is 5.88. The highest BCUT2D eigenvalue weighted by Crippen LogP contribution is 2.26. The highest BCUT2D eigenvalue weighted by Gasteiger charge is 2.48. The number of aryl methyl sites for hydroxylation is 1. The molecule has 3 rings (SSSR count). The van der Waals surface area contributed by atoms with Crippen molar-refractivity contribution in [2.24, 2.45) is 5.92 Å². The Bertz CT molecular complexity index is 781. The second-order valence-electron chi connectivity index (χ2n) is 8.15. The molecular weight excluding hydrogens is 386 g/mol. The maximum Gasteiger partial charge on any atom is 0.326 e. The summed E-state index contributed by atoms with van der Waals surface area (Å²) >= 11 is 0. The Morgan fingerprint density at radius 2 is 2.00 bits per heavy atom. The number of nitrogens with one attached hydrogen (secondary N) is 1. The number of piperidine rings is 1. The van der Waals surface area contributed by atoms with Crippen LogP contribution in [0.1, 0.15) is 38.7 Å². The zero-order valence-corrected chi connectivity index (χ0v) is 18.0. The summed E-state index contributed by atoms with van der Waals surface area (Å²) in [5.74, 6) is 0.146. The zero-order valence-electron chi connectivity index (χ0n) is 18.0. The van der Waals surface area contributed by atoms with E-state index >= 15 is 0 Å². The van der Waals surface area contributed by atoms with E-state index in [0.29, 0.717) is 26.0 Å². The van der Waals surface area contributed by atoms with E-state index in [-0.39, 0.29) is 30.5 Å². The first-order valence-electron chi connectivity index (χ1n) is 10.5. The summed E-state index contributed by atoms with van der Waals surface area (Å²) in [5.41, 5.74) is 0.138. The number of nitrogens with zero attached hydrogens (tertiary/aromatic N) is 2. The third kappa shape index (κ3) is 4.92. The van der Waals surface area contributed by atoms with Gasteiger partial charge in [-0.15, -0.1) is 0 Å². The van der Waals surface area contributed by atoms with E-state index < -0.39 is 5.54 Å². The minimum atomic E-state index is -0.937. The summed E-state index contributed by atoms with van der Waals surface area (Å²) in [6, 6.07) is 7.31. The number of rotatable bonds is 8. The molecule has 0 unspecified atom stereocenters. The fraction of sp³-hybridized carbons (Fsp3) is 0.591. The molecule has 2 saturated heterocycles. The lowest BCUT2D eigenvalue weighted by molar-refractivity contribution is -0.150. The van der Waals surface area contributed by atoms with Crippen LogP contribution < -0.4 is 10.1 Å². The van der Waals surface area contributed by atoms with E-state index in [4.69, 9.17) is 9.47 Å². The summed E-state index contributed by atoms with van der Waals surface area (Å²) in [7, 11) is 1.62. The second-order valence-corrected chi connectivity index (χ2v) is 8.15. The minimum absolute atomic E-state index is 0.193. The van der Waals surface area contributed by atoms with Crippen LogP contribution in [0.25, 0.3) is 0 Å². The van der Waals surface area contributed by atoms with Gasteiger partial charge in [0.2, 0.25) is 0 Å². The van der Waals surface area contributed by atoms with E-state index in [2.05, 4.69) is 5.32 Å². The van der Waals surface area contributed by atoms with Crippen molar-refractivity contribution in [2.45, 2.75) is 45.1 Å². The van der Waals surface area contributed by atoms with Crippen LogP contribution in [0, 0.1) is 5.92 Å². The Balaban J connectivity index is 1.58. The largest absolute Gasteiger partial charge is 0.497 e. The molecule has 2 fully saturated rings. The normalized spacial score (nSPS) is 24.6. The number of ether oxygens (including phenoxy) is 2. The number of likely N-dealkylation sites (tertiary alicyclic amines) is 1. The van der Waals surface area contributed by atoms with Gasteiger partial charge in [0.05, 0.1) is 26.3 Å². The number of methoxy groups -OCH3 is 1. The fourth-order valence-corrected chi connectivity index (χ4v) is 4.07. The van der Waals surface area contributed by atoms with Gasteiger partial charge in [0.25, 0.3) is 5.91 Å². The van der Waals surface area contributed by atoms with Gasteiger partial charge >= 0.3 is 12.0 Å². The van der Waals surface area contributed by atoms with Gasteiger partial charge in [0.1, 0.15) is 11.3 Å². The lowest BCUT2D eigenvalue weighted by Crippen LogP contribution is -2.48. The lowest BCUT2D eigenvalue weighted by Gasteiger charge is -2.33.